The highest BCUT2D eigenvalue weighted by Crippen LogP contribution is 2.19. The Bertz CT molecular complexity index is 446. The van der Waals surface area contributed by atoms with Gasteiger partial charge in [0.05, 0.1) is 6.20 Å². The predicted molar refractivity (Wildman–Crippen MR) is 43.6 cm³/mol. The summed E-state index contributed by atoms with van der Waals surface area (Å²) in [5.74, 6) is 0. The summed E-state index contributed by atoms with van der Waals surface area (Å²) in [5, 5.41) is 4.22. The highest BCUT2D eigenvalue weighted by Gasteiger charge is 2.29. The number of rotatable bonds is 1. The molecule has 3 nitrogen and oxygen atoms in total. The molecule has 0 aliphatic rings. The molecule has 2 rings (SSSR count). The fourth-order valence-corrected chi connectivity index (χ4v) is 1.20. The van der Waals surface area contributed by atoms with Gasteiger partial charge in [0.15, 0.2) is 5.65 Å². The predicted octanol–water partition coefficient (Wildman–Crippen LogP) is 1.99. The summed E-state index contributed by atoms with van der Waals surface area (Å²) in [4.78, 5) is 3.83. The number of aromatic nitrogens is 3. The molecule has 0 unspecified atom stereocenters. The van der Waals surface area contributed by atoms with E-state index in [0.717, 1.165) is 4.68 Å². The Morgan fingerprint density at radius 2 is 2.14 bits per heavy atom. The first-order chi connectivity index (χ1) is 6.56. The van der Waals surface area contributed by atoms with Crippen molar-refractivity contribution in [3.8, 4) is 0 Å². The molecule has 0 radical (unpaired) electrons. The lowest BCUT2D eigenvalue weighted by molar-refractivity contribution is -0.141. The molecule has 6 heteroatoms. The molecule has 74 valence electrons. The van der Waals surface area contributed by atoms with Gasteiger partial charge in [-0.3, -0.25) is 0 Å². The Balaban J connectivity index is 2.44. The Kier molecular flexibility index (Phi) is 1.90. The third-order valence-corrected chi connectivity index (χ3v) is 1.73. The number of pyridine rings is 1. The lowest BCUT2D eigenvalue weighted by Crippen LogP contribution is -2.18. The Hall–Kier alpha value is -1.59. The quantitative estimate of drug-likeness (QED) is 0.706. The summed E-state index contributed by atoms with van der Waals surface area (Å²) in [5.41, 5.74) is 0.254. The number of fused-ring (bicyclic) bond motifs is 1. The maximum Gasteiger partial charge on any atom is 0.408 e. The molecular formula is C8H6F3N3. The van der Waals surface area contributed by atoms with E-state index in [2.05, 4.69) is 10.1 Å². The van der Waals surface area contributed by atoms with Crippen LogP contribution in [0.2, 0.25) is 0 Å². The first kappa shape index (κ1) is 8.98. The molecule has 0 atom stereocenters. The first-order valence-corrected chi connectivity index (χ1v) is 3.89. The molecule has 0 bridgehead atoms. The summed E-state index contributed by atoms with van der Waals surface area (Å²) < 4.78 is 37.0. The average molecular weight is 201 g/mol. The van der Waals surface area contributed by atoms with Gasteiger partial charge in [-0.25, -0.2) is 9.67 Å². The van der Waals surface area contributed by atoms with Crippen LogP contribution in [0.1, 0.15) is 0 Å². The monoisotopic (exact) mass is 201 g/mol. The highest BCUT2D eigenvalue weighted by atomic mass is 19.4. The molecule has 0 saturated heterocycles. The maximum atomic E-state index is 12.1. The molecule has 0 aliphatic heterocycles. The van der Waals surface area contributed by atoms with Crippen molar-refractivity contribution in [2.45, 2.75) is 12.7 Å². The zero-order valence-corrected chi connectivity index (χ0v) is 6.99. The summed E-state index contributed by atoms with van der Waals surface area (Å²) in [6, 6.07) is 3.32. The van der Waals surface area contributed by atoms with Crippen LogP contribution in [-0.2, 0) is 6.54 Å². The summed E-state index contributed by atoms with van der Waals surface area (Å²) in [7, 11) is 0. The van der Waals surface area contributed by atoms with Crippen molar-refractivity contribution in [2.75, 3.05) is 0 Å². The van der Waals surface area contributed by atoms with E-state index in [9.17, 15) is 13.2 Å². The van der Waals surface area contributed by atoms with Gasteiger partial charge in [-0.15, -0.1) is 0 Å². The fourth-order valence-electron chi connectivity index (χ4n) is 1.20. The van der Waals surface area contributed by atoms with Gasteiger partial charge in [0.25, 0.3) is 0 Å². The smallest absolute Gasteiger partial charge is 0.238 e. The molecule has 0 N–H and O–H groups in total. The van der Waals surface area contributed by atoms with Crippen LogP contribution in [0, 0.1) is 0 Å². The number of halogens is 3. The van der Waals surface area contributed by atoms with E-state index in [4.69, 9.17) is 0 Å². The molecule has 2 aromatic heterocycles. The van der Waals surface area contributed by atoms with Gasteiger partial charge in [0.2, 0.25) is 0 Å². The number of hydrogen-bond acceptors (Lipinski definition) is 2. The minimum absolute atomic E-state index is 0.254. The first-order valence-electron chi connectivity index (χ1n) is 3.89. The van der Waals surface area contributed by atoms with Gasteiger partial charge in [0.1, 0.15) is 6.54 Å². The van der Waals surface area contributed by atoms with Gasteiger partial charge >= 0.3 is 6.18 Å². The van der Waals surface area contributed by atoms with Crippen LogP contribution >= 0.6 is 0 Å². The van der Waals surface area contributed by atoms with E-state index >= 15 is 0 Å². The van der Waals surface area contributed by atoms with Crippen LogP contribution in [-0.4, -0.2) is 20.9 Å². The zero-order valence-electron chi connectivity index (χ0n) is 6.99. The number of nitrogens with zero attached hydrogens (tertiary/aromatic N) is 3. The van der Waals surface area contributed by atoms with Crippen LogP contribution in [0.5, 0.6) is 0 Å². The molecule has 0 fully saturated rings. The van der Waals surface area contributed by atoms with Crippen LogP contribution < -0.4 is 0 Å². The van der Waals surface area contributed by atoms with E-state index in [-0.39, 0.29) is 5.65 Å². The molecule has 0 aliphatic carbocycles. The number of alkyl halides is 3. The Morgan fingerprint density at radius 3 is 2.86 bits per heavy atom. The molecule has 0 saturated carbocycles. The van der Waals surface area contributed by atoms with E-state index in [1.54, 1.807) is 12.1 Å². The van der Waals surface area contributed by atoms with E-state index < -0.39 is 12.7 Å². The van der Waals surface area contributed by atoms with Crippen LogP contribution in [0.4, 0.5) is 13.2 Å². The van der Waals surface area contributed by atoms with Crippen molar-refractivity contribution in [1.29, 1.82) is 0 Å². The minimum atomic E-state index is -4.27. The van der Waals surface area contributed by atoms with Gasteiger partial charge in [0, 0.05) is 11.6 Å². The van der Waals surface area contributed by atoms with E-state index in [0.29, 0.717) is 5.39 Å². The molecule has 0 amide bonds. The second-order valence-electron chi connectivity index (χ2n) is 2.83. The normalized spacial score (nSPS) is 12.2. The van der Waals surface area contributed by atoms with Crippen LogP contribution in [0.15, 0.2) is 24.5 Å². The molecule has 2 heterocycles. The molecule has 2 aromatic rings. The van der Waals surface area contributed by atoms with E-state index in [1.807, 2.05) is 0 Å². The second kappa shape index (κ2) is 2.97. The Labute approximate surface area is 77.2 Å². The van der Waals surface area contributed by atoms with Crippen molar-refractivity contribution in [2.24, 2.45) is 0 Å². The molecule has 0 aromatic carbocycles. The summed E-state index contributed by atoms with van der Waals surface area (Å²) in [6.45, 7) is -1.10. The van der Waals surface area contributed by atoms with Crippen LogP contribution in [0.3, 0.4) is 0 Å². The van der Waals surface area contributed by atoms with Crippen molar-refractivity contribution in [3.63, 3.8) is 0 Å². The van der Waals surface area contributed by atoms with Gasteiger partial charge in [-0.1, -0.05) is 0 Å². The van der Waals surface area contributed by atoms with E-state index in [1.165, 1.54) is 12.4 Å². The second-order valence-corrected chi connectivity index (χ2v) is 2.83. The van der Waals surface area contributed by atoms with Crippen LogP contribution in [0.25, 0.3) is 11.0 Å². The average Bonchev–Trinajstić information content (AvgIpc) is 2.47. The standard InChI is InChI=1S/C8H6F3N3/c9-8(10,11)5-14-7-6(4-13-14)2-1-3-12-7/h1-4H,5H2. The number of hydrogen-bond donors (Lipinski definition) is 0. The largest absolute Gasteiger partial charge is 0.408 e. The minimum Gasteiger partial charge on any atom is -0.238 e. The topological polar surface area (TPSA) is 30.7 Å². The van der Waals surface area contributed by atoms with Crippen molar-refractivity contribution in [1.82, 2.24) is 14.8 Å². The Morgan fingerprint density at radius 1 is 1.36 bits per heavy atom. The SMILES string of the molecule is FC(F)(F)Cn1ncc2cccnc21. The zero-order chi connectivity index (χ0) is 10.2. The van der Waals surface area contributed by atoms with Gasteiger partial charge in [-0.05, 0) is 12.1 Å². The molecule has 14 heavy (non-hydrogen) atoms. The summed E-state index contributed by atoms with van der Waals surface area (Å²) >= 11 is 0. The van der Waals surface area contributed by atoms with Gasteiger partial charge < -0.3 is 0 Å². The molecule has 0 spiro atoms. The third kappa shape index (κ3) is 1.68. The van der Waals surface area contributed by atoms with Crippen molar-refractivity contribution < 1.29 is 13.2 Å². The lowest BCUT2D eigenvalue weighted by Gasteiger charge is -2.06. The van der Waals surface area contributed by atoms with Crippen molar-refractivity contribution >= 4 is 11.0 Å². The summed E-state index contributed by atoms with van der Waals surface area (Å²) in [6.07, 6.45) is -1.46. The lowest BCUT2D eigenvalue weighted by atomic mass is 10.4. The maximum absolute atomic E-state index is 12.1. The highest BCUT2D eigenvalue weighted by molar-refractivity contribution is 5.73. The van der Waals surface area contributed by atoms with Crippen molar-refractivity contribution in [3.05, 3.63) is 24.5 Å². The molecular weight excluding hydrogens is 195 g/mol. The third-order valence-electron chi connectivity index (χ3n) is 1.73. The fraction of sp³-hybridized carbons (Fsp3) is 0.250. The van der Waals surface area contributed by atoms with Gasteiger partial charge in [-0.2, -0.15) is 18.3 Å².